The summed E-state index contributed by atoms with van der Waals surface area (Å²) in [4.78, 5) is 35.1. The van der Waals surface area contributed by atoms with Gasteiger partial charge in [-0.25, -0.2) is 13.9 Å². The van der Waals surface area contributed by atoms with Gasteiger partial charge in [-0.1, -0.05) is 42.3 Å². The van der Waals surface area contributed by atoms with Gasteiger partial charge in [0.25, 0.3) is 5.91 Å². The minimum absolute atomic E-state index is 0.0495. The molecule has 1 aromatic heterocycles. The van der Waals surface area contributed by atoms with E-state index in [2.05, 4.69) is 26.3 Å². The van der Waals surface area contributed by atoms with Gasteiger partial charge in [0, 0.05) is 35.7 Å². The van der Waals surface area contributed by atoms with Gasteiger partial charge < -0.3 is 21.7 Å². The van der Waals surface area contributed by atoms with Gasteiger partial charge in [-0.2, -0.15) is 11.8 Å². The number of benzene rings is 2. The normalized spacial score (nSPS) is 19.8. The number of rotatable bonds is 15. The molecule has 3 aromatic rings. The van der Waals surface area contributed by atoms with E-state index in [1.54, 1.807) is 22.9 Å². The minimum atomic E-state index is -0.412. The van der Waals surface area contributed by atoms with Crippen molar-refractivity contribution in [3.05, 3.63) is 82.9 Å². The number of aryl methyl sites for hydroxylation is 1. The van der Waals surface area contributed by atoms with Crippen LogP contribution in [0.5, 0.6) is 0 Å². The first-order valence-electron chi connectivity index (χ1n) is 14.9. The van der Waals surface area contributed by atoms with Crippen LogP contribution in [0.4, 0.5) is 9.18 Å². The largest absolute Gasteiger partial charge is 0.370 e. The molecule has 0 aliphatic carbocycles. The summed E-state index contributed by atoms with van der Waals surface area (Å²) in [6.45, 7) is 0.456. The lowest BCUT2D eigenvalue weighted by atomic mass is 9.97. The lowest BCUT2D eigenvalue weighted by Crippen LogP contribution is -2.36. The van der Waals surface area contributed by atoms with Gasteiger partial charge in [-0.05, 0) is 67.5 Å². The van der Waals surface area contributed by atoms with Crippen molar-refractivity contribution in [3.8, 4) is 0 Å². The molecule has 2 aromatic carbocycles. The summed E-state index contributed by atoms with van der Waals surface area (Å²) in [5.74, 6) is 0.0855. The fraction of sp³-hybridized carbons (Fsp3) is 0.452. The highest BCUT2D eigenvalue weighted by atomic mass is 32.2. The predicted octanol–water partition coefficient (Wildman–Crippen LogP) is 3.71. The molecule has 0 spiro atoms. The summed E-state index contributed by atoms with van der Waals surface area (Å²) >= 11 is 1.94. The first kappa shape index (κ1) is 30.5. The average molecular weight is 608 g/mol. The second-order valence-corrected chi connectivity index (χ2v) is 12.4. The number of nitrogens with zero attached hydrogens (tertiary/aromatic N) is 3. The van der Waals surface area contributed by atoms with Crippen molar-refractivity contribution < 1.29 is 18.8 Å². The molecule has 0 radical (unpaired) electrons. The fourth-order valence-electron chi connectivity index (χ4n) is 5.75. The van der Waals surface area contributed by atoms with Crippen LogP contribution in [0.15, 0.2) is 54.7 Å². The Hall–Kier alpha value is -3.93. The van der Waals surface area contributed by atoms with Crippen molar-refractivity contribution in [3.63, 3.8) is 0 Å². The highest BCUT2D eigenvalue weighted by Crippen LogP contribution is 2.33. The number of fused-ring (bicyclic) bond motifs is 1. The number of thioether (sulfide) groups is 1. The van der Waals surface area contributed by atoms with Crippen LogP contribution in [-0.4, -0.2) is 62.5 Å². The Balaban J connectivity index is 1.17. The number of aromatic nitrogens is 3. The predicted molar refractivity (Wildman–Crippen MR) is 163 cm³/mol. The average Bonchev–Trinajstić information content (AvgIpc) is 3.70. The van der Waals surface area contributed by atoms with E-state index < -0.39 is 6.04 Å². The zero-order valence-corrected chi connectivity index (χ0v) is 24.8. The number of amides is 4. The van der Waals surface area contributed by atoms with E-state index in [4.69, 9.17) is 5.73 Å². The van der Waals surface area contributed by atoms with Crippen molar-refractivity contribution in [1.82, 2.24) is 30.9 Å². The second kappa shape index (κ2) is 14.5. The van der Waals surface area contributed by atoms with Crippen LogP contribution in [0.3, 0.4) is 0 Å². The van der Waals surface area contributed by atoms with E-state index in [1.807, 2.05) is 36.2 Å². The van der Waals surface area contributed by atoms with Crippen LogP contribution in [0.25, 0.3) is 0 Å². The quantitative estimate of drug-likeness (QED) is 0.153. The summed E-state index contributed by atoms with van der Waals surface area (Å²) in [5.41, 5.74) is 8.11. The molecule has 10 nitrogen and oxygen atoms in total. The Bertz CT molecular complexity index is 1420. The van der Waals surface area contributed by atoms with E-state index in [1.165, 1.54) is 12.1 Å². The molecule has 2 aliphatic rings. The van der Waals surface area contributed by atoms with E-state index in [9.17, 15) is 18.8 Å². The molecule has 1 unspecified atom stereocenters. The maximum absolute atomic E-state index is 14.2. The van der Waals surface area contributed by atoms with E-state index in [-0.39, 0.29) is 35.7 Å². The maximum Gasteiger partial charge on any atom is 0.315 e. The number of unbranched alkanes of at least 4 members (excludes halogenated alkanes) is 3. The Labute approximate surface area is 254 Å². The number of nitrogens with two attached hydrogens (primary N) is 1. The molecule has 3 heterocycles. The first-order chi connectivity index (χ1) is 20.9. The van der Waals surface area contributed by atoms with Gasteiger partial charge in [-0.3, -0.25) is 9.59 Å². The highest BCUT2D eigenvalue weighted by Gasteiger charge is 2.42. The zero-order chi connectivity index (χ0) is 30.2. The smallest absolute Gasteiger partial charge is 0.315 e. The molecule has 2 aliphatic heterocycles. The minimum Gasteiger partial charge on any atom is -0.370 e. The highest BCUT2D eigenvalue weighted by molar-refractivity contribution is 8.00. The van der Waals surface area contributed by atoms with Gasteiger partial charge in [-0.15, -0.1) is 5.10 Å². The molecular weight excluding hydrogens is 569 g/mol. The van der Waals surface area contributed by atoms with Crippen molar-refractivity contribution in [2.24, 2.45) is 5.73 Å². The molecule has 4 amide bonds. The molecule has 12 heteroatoms. The van der Waals surface area contributed by atoms with Crippen LogP contribution in [0.1, 0.15) is 78.2 Å². The maximum atomic E-state index is 14.2. The molecule has 2 saturated heterocycles. The monoisotopic (exact) mass is 607 g/mol. The van der Waals surface area contributed by atoms with Crippen LogP contribution < -0.4 is 21.7 Å². The Morgan fingerprint density at radius 3 is 2.70 bits per heavy atom. The van der Waals surface area contributed by atoms with Crippen molar-refractivity contribution in [2.75, 3.05) is 12.3 Å². The third kappa shape index (κ3) is 8.13. The lowest BCUT2D eigenvalue weighted by Gasteiger charge is -2.18. The van der Waals surface area contributed by atoms with Gasteiger partial charge >= 0.3 is 6.03 Å². The van der Waals surface area contributed by atoms with Crippen LogP contribution in [0, 0.1) is 5.82 Å². The van der Waals surface area contributed by atoms with Gasteiger partial charge in [0.05, 0.1) is 17.8 Å². The molecule has 2 fully saturated rings. The number of nitrogens with one attached hydrogen (secondary N) is 3. The van der Waals surface area contributed by atoms with Crippen LogP contribution >= 0.6 is 11.8 Å². The van der Waals surface area contributed by atoms with E-state index in [0.717, 1.165) is 54.7 Å². The topological polar surface area (TPSA) is 144 Å². The van der Waals surface area contributed by atoms with E-state index in [0.29, 0.717) is 36.6 Å². The number of primary amides is 1. The van der Waals surface area contributed by atoms with Crippen molar-refractivity contribution in [2.45, 2.75) is 74.7 Å². The molecular formula is C31H38FN7O3S. The van der Waals surface area contributed by atoms with Crippen LogP contribution in [0.2, 0.25) is 0 Å². The summed E-state index contributed by atoms with van der Waals surface area (Å²) in [6.07, 6.45) is 8.50. The number of carbonyl (C=O) groups excluding carboxylic acids is 3. The summed E-state index contributed by atoms with van der Waals surface area (Å²) in [7, 11) is 0. The third-order valence-corrected chi connectivity index (χ3v) is 9.48. The Kier molecular flexibility index (Phi) is 10.3. The van der Waals surface area contributed by atoms with E-state index >= 15 is 0 Å². The molecule has 4 atom stereocenters. The third-order valence-electron chi connectivity index (χ3n) is 7.97. The van der Waals surface area contributed by atoms with Crippen molar-refractivity contribution >= 4 is 29.6 Å². The van der Waals surface area contributed by atoms with Gasteiger partial charge in [0.15, 0.2) is 0 Å². The SMILES string of the molecule is NC(=O)CCCCNC(=O)c1ccc(C(c2cccc(F)c2)n2cc(CCCCC[C@@H]3SC[C@@H]4NC(=O)N[C@@H]43)nn2)cc1. The standard InChI is InChI=1S/C31H38FN7O3S/c32-23-8-6-7-22(17-23)29(20-12-14-21(15-13-20)30(41)34-16-5-4-11-27(33)40)39-18-24(37-38-39)9-2-1-3-10-26-28-25(19-43-26)35-31(42)36-28/h6-8,12-15,17-18,25-26,28-29H,1-5,9-11,16,19H2,(H2,33,40)(H,34,41)(H2,35,36,42)/t25-,26-,28-,29?/m0/s1. The first-order valence-corrected chi connectivity index (χ1v) is 15.9. The zero-order valence-electron chi connectivity index (χ0n) is 24.0. The molecule has 43 heavy (non-hydrogen) atoms. The molecule has 228 valence electrons. The van der Waals surface area contributed by atoms with Gasteiger partial charge in [0.1, 0.15) is 11.9 Å². The number of hydrogen-bond donors (Lipinski definition) is 4. The summed E-state index contributed by atoms with van der Waals surface area (Å²) in [5, 5.41) is 18.2. The number of urea groups is 1. The number of hydrogen-bond acceptors (Lipinski definition) is 6. The second-order valence-electron chi connectivity index (χ2n) is 11.2. The number of carbonyl (C=O) groups is 3. The number of halogens is 1. The molecule has 5 rings (SSSR count). The molecule has 0 bridgehead atoms. The Morgan fingerprint density at radius 1 is 1.07 bits per heavy atom. The van der Waals surface area contributed by atoms with Gasteiger partial charge in [0.2, 0.25) is 5.91 Å². The molecule has 5 N–H and O–H groups in total. The lowest BCUT2D eigenvalue weighted by molar-refractivity contribution is -0.118. The fourth-order valence-corrected chi connectivity index (χ4v) is 7.29. The summed E-state index contributed by atoms with van der Waals surface area (Å²) in [6, 6.07) is 13.7. The Morgan fingerprint density at radius 2 is 1.91 bits per heavy atom. The summed E-state index contributed by atoms with van der Waals surface area (Å²) < 4.78 is 16.0. The van der Waals surface area contributed by atoms with Crippen molar-refractivity contribution in [1.29, 1.82) is 0 Å². The van der Waals surface area contributed by atoms with Crippen LogP contribution in [-0.2, 0) is 11.2 Å². The molecule has 0 saturated carbocycles.